The van der Waals surface area contributed by atoms with Crippen LogP contribution in [0.25, 0.3) is 0 Å². The minimum absolute atomic E-state index is 0.00842. The summed E-state index contributed by atoms with van der Waals surface area (Å²) >= 11 is 0. The van der Waals surface area contributed by atoms with Crippen molar-refractivity contribution in [3.63, 3.8) is 0 Å². The molecule has 2 bridgehead atoms. The van der Waals surface area contributed by atoms with Gasteiger partial charge in [-0.05, 0) is 6.07 Å². The van der Waals surface area contributed by atoms with E-state index in [1.807, 2.05) is 24.3 Å². The van der Waals surface area contributed by atoms with Gasteiger partial charge in [0.15, 0.2) is 0 Å². The molecule has 5 heteroatoms. The summed E-state index contributed by atoms with van der Waals surface area (Å²) in [5.74, 6) is 0.748. The van der Waals surface area contributed by atoms with Crippen LogP contribution in [0.2, 0.25) is 0 Å². The van der Waals surface area contributed by atoms with Crippen LogP contribution in [-0.2, 0) is 14.0 Å². The molecular weight excluding hydrogens is 219 g/mol. The van der Waals surface area contributed by atoms with Crippen molar-refractivity contribution in [2.24, 2.45) is 5.41 Å². The molecule has 0 N–H and O–H groups in total. The summed E-state index contributed by atoms with van der Waals surface area (Å²) in [6.45, 7) is 2.31. The maximum absolute atomic E-state index is 5.83. The Balaban J connectivity index is 1.98. The lowest BCUT2D eigenvalue weighted by Gasteiger charge is -2.58. The predicted molar refractivity (Wildman–Crippen MR) is 64.3 cm³/mol. The third-order valence-corrected chi connectivity index (χ3v) is 3.47. The maximum Gasteiger partial charge on any atom is 0.413 e. The van der Waals surface area contributed by atoms with E-state index < -0.39 is 6.75 Å². The zero-order valence-electron chi connectivity index (χ0n) is 10.1. The highest BCUT2D eigenvalue weighted by atomic mass is 16.8. The number of para-hydroxylation sites is 1. The molecule has 4 nitrogen and oxygen atoms in total. The summed E-state index contributed by atoms with van der Waals surface area (Å²) in [7, 11) is 1.64. The van der Waals surface area contributed by atoms with E-state index in [-0.39, 0.29) is 5.41 Å². The number of rotatable bonds is 2. The minimum atomic E-state index is -1.81. The van der Waals surface area contributed by atoms with Gasteiger partial charge in [-0.3, -0.25) is 0 Å². The van der Waals surface area contributed by atoms with Gasteiger partial charge in [-0.25, -0.2) is 0 Å². The van der Waals surface area contributed by atoms with E-state index in [4.69, 9.17) is 18.7 Å². The Bertz CT molecular complexity index is 410. The molecule has 17 heavy (non-hydrogen) atoms. The van der Waals surface area contributed by atoms with Gasteiger partial charge in [0.1, 0.15) is 0 Å². The lowest BCUT2D eigenvalue weighted by molar-refractivity contribution is -0.119. The number of hydrogen-bond acceptors (Lipinski definition) is 4. The van der Waals surface area contributed by atoms with Crippen molar-refractivity contribution in [1.29, 1.82) is 0 Å². The first-order chi connectivity index (χ1) is 8.18. The van der Waals surface area contributed by atoms with Crippen molar-refractivity contribution in [3.8, 4) is 5.75 Å². The molecule has 3 heterocycles. The van der Waals surface area contributed by atoms with Crippen molar-refractivity contribution in [2.45, 2.75) is 6.92 Å². The third kappa shape index (κ3) is 1.66. The topological polar surface area (TPSA) is 36.9 Å². The average molecular weight is 235 g/mol. The van der Waals surface area contributed by atoms with Gasteiger partial charge < -0.3 is 18.7 Å². The van der Waals surface area contributed by atoms with Gasteiger partial charge >= 0.3 is 6.75 Å². The predicted octanol–water partition coefficient (Wildman–Crippen LogP) is 0.924. The van der Waals surface area contributed by atoms with E-state index in [9.17, 15) is 0 Å². The van der Waals surface area contributed by atoms with Crippen LogP contribution in [0.1, 0.15) is 6.92 Å². The van der Waals surface area contributed by atoms with E-state index in [1.54, 1.807) is 7.11 Å². The second kappa shape index (κ2) is 3.73. The van der Waals surface area contributed by atoms with Gasteiger partial charge in [0.25, 0.3) is 0 Å². The summed E-state index contributed by atoms with van der Waals surface area (Å²) in [6.07, 6.45) is 0. The molecule has 0 unspecified atom stereocenters. The van der Waals surface area contributed by atoms with Gasteiger partial charge in [0, 0.05) is 25.2 Å². The summed E-state index contributed by atoms with van der Waals surface area (Å²) in [5.41, 5.74) is 0.850. The Labute approximate surface area is 101 Å². The van der Waals surface area contributed by atoms with E-state index >= 15 is 0 Å². The Kier molecular flexibility index (Phi) is 2.43. The van der Waals surface area contributed by atoms with Gasteiger partial charge in [0.05, 0.1) is 12.9 Å². The molecule has 0 amide bonds. The Morgan fingerprint density at radius 1 is 1.12 bits per heavy atom. The molecule has 3 aliphatic rings. The minimum Gasteiger partial charge on any atom is -0.540 e. The van der Waals surface area contributed by atoms with Gasteiger partial charge in [-0.1, -0.05) is 30.6 Å². The van der Waals surface area contributed by atoms with Crippen LogP contribution in [-0.4, -0.2) is 33.7 Å². The van der Waals surface area contributed by atoms with Gasteiger partial charge in [-0.2, -0.15) is 0 Å². The van der Waals surface area contributed by atoms with Crippen LogP contribution in [0.4, 0.5) is 0 Å². The molecule has 0 aromatic heterocycles. The molecule has 0 saturated carbocycles. The lowest BCUT2D eigenvalue weighted by Crippen LogP contribution is -2.68. The summed E-state index contributed by atoms with van der Waals surface area (Å²) < 4.78 is 22.8. The molecule has 1 aromatic carbocycles. The molecule has 1 aromatic rings. The number of hydrogen-bond donors (Lipinski definition) is 0. The van der Waals surface area contributed by atoms with E-state index in [0.29, 0.717) is 19.8 Å². The second-order valence-corrected chi connectivity index (χ2v) is 5.13. The second-order valence-electron chi connectivity index (χ2n) is 5.13. The number of benzene rings is 1. The third-order valence-electron chi connectivity index (χ3n) is 3.47. The highest BCUT2D eigenvalue weighted by molar-refractivity contribution is 6.76. The van der Waals surface area contributed by atoms with E-state index in [0.717, 1.165) is 11.2 Å². The first-order valence-electron chi connectivity index (χ1n) is 5.86. The fourth-order valence-corrected chi connectivity index (χ4v) is 2.43. The summed E-state index contributed by atoms with van der Waals surface area (Å²) in [6, 6.07) is 7.69. The fraction of sp³-hybridized carbons (Fsp3) is 0.500. The summed E-state index contributed by atoms with van der Waals surface area (Å²) in [4.78, 5) is 0. The van der Waals surface area contributed by atoms with E-state index in [1.165, 1.54) is 0 Å². The number of methoxy groups -OCH3 is 1. The highest BCUT2D eigenvalue weighted by Gasteiger charge is 2.47. The molecule has 92 valence electrons. The molecule has 0 radical (unpaired) electrons. The SMILES string of the molecule is COc1ccccc1[B-]12OCC(C)(CO1)CO2. The molecular formula is C12H16BO4-. The van der Waals surface area contributed by atoms with Gasteiger partial charge in [-0.15, -0.1) is 0 Å². The van der Waals surface area contributed by atoms with Crippen molar-refractivity contribution < 1.29 is 18.7 Å². The Morgan fingerprint density at radius 2 is 1.71 bits per heavy atom. The molecule has 0 atom stereocenters. The van der Waals surface area contributed by atoms with Crippen LogP contribution in [0.5, 0.6) is 5.75 Å². The smallest absolute Gasteiger partial charge is 0.413 e. The Hall–Kier alpha value is -1.04. The van der Waals surface area contributed by atoms with Crippen LogP contribution in [0, 0.1) is 5.41 Å². The standard InChI is InChI=1S/C12H16BO4/c1-12-7-15-13(16-8-12,17-9-12)10-5-3-4-6-11(10)14-2/h3-6H,7-9H2,1-2H3/q-1. The monoisotopic (exact) mass is 235 g/mol. The molecule has 3 aliphatic heterocycles. The molecule has 0 aliphatic carbocycles. The van der Waals surface area contributed by atoms with Crippen LogP contribution >= 0.6 is 0 Å². The van der Waals surface area contributed by atoms with Crippen molar-refractivity contribution >= 4 is 12.2 Å². The Morgan fingerprint density at radius 3 is 2.29 bits per heavy atom. The number of ether oxygens (including phenoxy) is 1. The molecule has 3 saturated heterocycles. The van der Waals surface area contributed by atoms with Crippen LogP contribution < -0.4 is 10.2 Å². The first kappa shape index (κ1) is 11.1. The van der Waals surface area contributed by atoms with E-state index in [2.05, 4.69) is 6.92 Å². The van der Waals surface area contributed by atoms with Crippen LogP contribution in [0.15, 0.2) is 24.3 Å². The largest absolute Gasteiger partial charge is 0.540 e. The normalized spacial score (nSPS) is 35.9. The lowest BCUT2D eigenvalue weighted by atomic mass is 9.64. The number of fused-ring (bicyclic) bond motifs is 3. The van der Waals surface area contributed by atoms with Crippen molar-refractivity contribution in [1.82, 2.24) is 0 Å². The van der Waals surface area contributed by atoms with Crippen LogP contribution in [0.3, 0.4) is 0 Å². The van der Waals surface area contributed by atoms with Gasteiger partial charge in [0.2, 0.25) is 0 Å². The zero-order chi connectivity index (χ0) is 11.9. The molecule has 0 spiro atoms. The molecule has 3 fully saturated rings. The average Bonchev–Trinajstić information content (AvgIpc) is 2.40. The zero-order valence-corrected chi connectivity index (χ0v) is 10.1. The summed E-state index contributed by atoms with van der Waals surface area (Å²) in [5, 5.41) is 0. The highest BCUT2D eigenvalue weighted by Crippen LogP contribution is 2.36. The van der Waals surface area contributed by atoms with Crippen molar-refractivity contribution in [2.75, 3.05) is 26.9 Å². The first-order valence-corrected chi connectivity index (χ1v) is 5.86. The fourth-order valence-electron chi connectivity index (χ4n) is 2.43. The quantitative estimate of drug-likeness (QED) is 0.714. The molecule has 4 rings (SSSR count). The maximum atomic E-state index is 5.83. The van der Waals surface area contributed by atoms with Crippen molar-refractivity contribution in [3.05, 3.63) is 24.3 Å².